The topological polar surface area (TPSA) is 54.6 Å². The molecule has 1 amide bonds. The van der Waals surface area contributed by atoms with E-state index in [4.69, 9.17) is 9.47 Å². The quantitative estimate of drug-likeness (QED) is 0.713. The number of methoxy groups -OCH3 is 2. The van der Waals surface area contributed by atoms with Gasteiger partial charge in [-0.1, -0.05) is 0 Å². The van der Waals surface area contributed by atoms with Crippen molar-refractivity contribution in [3.63, 3.8) is 0 Å². The van der Waals surface area contributed by atoms with E-state index in [1.54, 1.807) is 30.5 Å². The van der Waals surface area contributed by atoms with Crippen LogP contribution in [-0.4, -0.2) is 43.2 Å². The summed E-state index contributed by atoms with van der Waals surface area (Å²) in [4.78, 5) is 17.9. The lowest BCUT2D eigenvalue weighted by atomic mass is 10.2. The van der Waals surface area contributed by atoms with E-state index in [-0.39, 0.29) is 5.91 Å². The van der Waals surface area contributed by atoms with Gasteiger partial charge in [0.1, 0.15) is 11.4 Å². The molecule has 1 N–H and O–H groups in total. The van der Waals surface area contributed by atoms with Crippen molar-refractivity contribution in [3.8, 4) is 5.75 Å². The van der Waals surface area contributed by atoms with Gasteiger partial charge < -0.3 is 19.4 Å². The molecule has 0 saturated heterocycles. The minimum absolute atomic E-state index is 0.0339. The highest BCUT2D eigenvalue weighted by atomic mass is 32.1. The normalized spacial score (nSPS) is 10.9. The van der Waals surface area contributed by atoms with Crippen molar-refractivity contribution in [2.24, 2.45) is 0 Å². The minimum atomic E-state index is -0.0339. The number of aromatic nitrogens is 1. The van der Waals surface area contributed by atoms with Crippen molar-refractivity contribution in [1.82, 2.24) is 9.88 Å². The molecule has 0 radical (unpaired) electrons. The first-order valence-corrected chi connectivity index (χ1v) is 8.61. The van der Waals surface area contributed by atoms with E-state index in [0.717, 1.165) is 22.2 Å². The highest BCUT2D eigenvalue weighted by Gasteiger charge is 2.18. The molecule has 3 rings (SSSR count). The van der Waals surface area contributed by atoms with Crippen molar-refractivity contribution in [3.05, 3.63) is 52.3 Å². The van der Waals surface area contributed by atoms with E-state index in [9.17, 15) is 4.79 Å². The molecule has 0 fully saturated rings. The van der Waals surface area contributed by atoms with Crippen LogP contribution in [0.2, 0.25) is 0 Å². The van der Waals surface area contributed by atoms with Crippen LogP contribution in [0.25, 0.3) is 10.9 Å². The average Bonchev–Trinajstić information content (AvgIpc) is 3.26. The molecular weight excluding hydrogens is 324 g/mol. The number of amides is 1. The molecule has 0 saturated carbocycles. The van der Waals surface area contributed by atoms with Crippen molar-refractivity contribution in [2.75, 3.05) is 27.4 Å². The van der Waals surface area contributed by atoms with Gasteiger partial charge in [0.15, 0.2) is 0 Å². The summed E-state index contributed by atoms with van der Waals surface area (Å²) in [6, 6.07) is 9.64. The van der Waals surface area contributed by atoms with Gasteiger partial charge in [-0.25, -0.2) is 0 Å². The number of carbonyl (C=O) groups excluding carboxylic acids is 1. The number of benzene rings is 1. The molecule has 2 heterocycles. The molecule has 0 aliphatic rings. The SMILES string of the molecule is COCCN(Cc1ccsc1)C(=O)c1cc2ccc(OC)cc2[nH]1. The van der Waals surface area contributed by atoms with Gasteiger partial charge in [-0.3, -0.25) is 4.79 Å². The van der Waals surface area contributed by atoms with Crippen molar-refractivity contribution in [2.45, 2.75) is 6.54 Å². The van der Waals surface area contributed by atoms with Crippen molar-refractivity contribution < 1.29 is 14.3 Å². The van der Waals surface area contributed by atoms with Crippen LogP contribution >= 0.6 is 11.3 Å². The first-order chi connectivity index (χ1) is 11.7. The maximum absolute atomic E-state index is 12.9. The second-order valence-electron chi connectivity index (χ2n) is 5.49. The van der Waals surface area contributed by atoms with E-state index in [1.807, 2.05) is 35.7 Å². The molecule has 6 heteroatoms. The fourth-order valence-corrected chi connectivity index (χ4v) is 3.24. The summed E-state index contributed by atoms with van der Waals surface area (Å²) in [5.41, 5.74) is 2.59. The largest absolute Gasteiger partial charge is 0.497 e. The molecule has 24 heavy (non-hydrogen) atoms. The third kappa shape index (κ3) is 3.60. The molecule has 0 unspecified atom stereocenters. The summed E-state index contributed by atoms with van der Waals surface area (Å²) in [6.45, 7) is 1.62. The summed E-state index contributed by atoms with van der Waals surface area (Å²) in [6.07, 6.45) is 0. The van der Waals surface area contributed by atoms with Gasteiger partial charge in [-0.15, -0.1) is 0 Å². The van der Waals surface area contributed by atoms with Crippen LogP contribution in [0, 0.1) is 0 Å². The lowest BCUT2D eigenvalue weighted by molar-refractivity contribution is 0.0676. The van der Waals surface area contributed by atoms with Crippen molar-refractivity contribution in [1.29, 1.82) is 0 Å². The molecule has 0 atom stereocenters. The number of nitrogens with one attached hydrogen (secondary N) is 1. The number of ether oxygens (including phenoxy) is 2. The Kier molecular flexibility index (Phi) is 5.17. The summed E-state index contributed by atoms with van der Waals surface area (Å²) < 4.78 is 10.4. The molecule has 0 aliphatic carbocycles. The van der Waals surface area contributed by atoms with Crippen LogP contribution in [0.4, 0.5) is 0 Å². The highest BCUT2D eigenvalue weighted by Crippen LogP contribution is 2.22. The fourth-order valence-electron chi connectivity index (χ4n) is 2.58. The lowest BCUT2D eigenvalue weighted by Crippen LogP contribution is -2.33. The van der Waals surface area contributed by atoms with E-state index < -0.39 is 0 Å². The van der Waals surface area contributed by atoms with Crippen LogP contribution in [0.15, 0.2) is 41.1 Å². The smallest absolute Gasteiger partial charge is 0.270 e. The zero-order chi connectivity index (χ0) is 16.9. The molecule has 1 aromatic carbocycles. The summed E-state index contributed by atoms with van der Waals surface area (Å²) in [5.74, 6) is 0.728. The summed E-state index contributed by atoms with van der Waals surface area (Å²) in [5, 5.41) is 5.06. The number of fused-ring (bicyclic) bond motifs is 1. The third-order valence-corrected chi connectivity index (χ3v) is 4.60. The number of H-pyrrole nitrogens is 1. The second-order valence-corrected chi connectivity index (χ2v) is 6.27. The van der Waals surface area contributed by atoms with Gasteiger partial charge >= 0.3 is 0 Å². The number of thiophene rings is 1. The van der Waals surface area contributed by atoms with Gasteiger partial charge in [-0.2, -0.15) is 11.3 Å². The predicted molar refractivity (Wildman–Crippen MR) is 95.8 cm³/mol. The van der Waals surface area contributed by atoms with Crippen LogP contribution in [0.1, 0.15) is 16.1 Å². The average molecular weight is 344 g/mol. The number of aromatic amines is 1. The molecule has 0 bridgehead atoms. The number of hydrogen-bond acceptors (Lipinski definition) is 4. The molecule has 5 nitrogen and oxygen atoms in total. The maximum atomic E-state index is 12.9. The molecule has 2 aromatic heterocycles. The minimum Gasteiger partial charge on any atom is -0.497 e. The Hall–Kier alpha value is -2.31. The van der Waals surface area contributed by atoms with E-state index in [1.165, 1.54) is 0 Å². The molecule has 3 aromatic rings. The van der Waals surface area contributed by atoms with Crippen LogP contribution in [0.5, 0.6) is 5.75 Å². The number of carbonyl (C=O) groups is 1. The summed E-state index contributed by atoms with van der Waals surface area (Å²) in [7, 11) is 3.27. The highest BCUT2D eigenvalue weighted by molar-refractivity contribution is 7.07. The Bertz CT molecular complexity index is 811. The predicted octanol–water partition coefficient (Wildman–Crippen LogP) is 3.53. The molecule has 126 valence electrons. The third-order valence-electron chi connectivity index (χ3n) is 3.87. The van der Waals surface area contributed by atoms with Gasteiger partial charge in [0.05, 0.1) is 13.7 Å². The molecule has 0 spiro atoms. The zero-order valence-electron chi connectivity index (χ0n) is 13.7. The monoisotopic (exact) mass is 344 g/mol. The molecule has 0 aliphatic heterocycles. The lowest BCUT2D eigenvalue weighted by Gasteiger charge is -2.21. The Labute approximate surface area is 144 Å². The number of rotatable bonds is 7. The maximum Gasteiger partial charge on any atom is 0.270 e. The Morgan fingerprint density at radius 3 is 2.83 bits per heavy atom. The van der Waals surface area contributed by atoms with Crippen molar-refractivity contribution >= 4 is 28.1 Å². The molecular formula is C18H20N2O3S. The second kappa shape index (κ2) is 7.51. The van der Waals surface area contributed by atoms with Gasteiger partial charge in [0, 0.05) is 37.2 Å². The fraction of sp³-hybridized carbons (Fsp3) is 0.278. The van der Waals surface area contributed by atoms with Gasteiger partial charge in [0.25, 0.3) is 5.91 Å². The first kappa shape index (κ1) is 16.5. The van der Waals surface area contributed by atoms with Gasteiger partial charge in [-0.05, 0) is 40.6 Å². The first-order valence-electron chi connectivity index (χ1n) is 7.67. The van der Waals surface area contributed by atoms with Crippen LogP contribution in [-0.2, 0) is 11.3 Å². The summed E-state index contributed by atoms with van der Waals surface area (Å²) >= 11 is 1.63. The Balaban J connectivity index is 1.85. The Morgan fingerprint density at radius 2 is 2.12 bits per heavy atom. The standard InChI is InChI=1S/C18H20N2O3S/c1-22-7-6-20(11-13-5-8-24-12-13)18(21)17-9-14-3-4-15(23-2)10-16(14)19-17/h3-5,8-10,12,19H,6-7,11H2,1-2H3. The number of hydrogen-bond donors (Lipinski definition) is 1. The van der Waals surface area contributed by atoms with E-state index in [2.05, 4.69) is 10.4 Å². The number of nitrogens with zero attached hydrogens (tertiary/aromatic N) is 1. The van der Waals surface area contributed by atoms with E-state index >= 15 is 0 Å². The van der Waals surface area contributed by atoms with E-state index in [0.29, 0.717) is 25.4 Å². The Morgan fingerprint density at radius 1 is 1.25 bits per heavy atom. The van der Waals surface area contributed by atoms with Crippen LogP contribution in [0.3, 0.4) is 0 Å². The van der Waals surface area contributed by atoms with Crippen LogP contribution < -0.4 is 4.74 Å². The zero-order valence-corrected chi connectivity index (χ0v) is 14.6. The van der Waals surface area contributed by atoms with Gasteiger partial charge in [0.2, 0.25) is 0 Å².